The molecule has 0 aliphatic rings. The van der Waals surface area contributed by atoms with Crippen molar-refractivity contribution in [3.63, 3.8) is 0 Å². The predicted octanol–water partition coefficient (Wildman–Crippen LogP) is 0.774. The summed E-state index contributed by atoms with van der Waals surface area (Å²) in [6.45, 7) is 1.92. The van der Waals surface area contributed by atoms with Crippen LogP contribution in [-0.2, 0) is 0 Å². The highest BCUT2D eigenvalue weighted by atomic mass is 15.4. The van der Waals surface area contributed by atoms with Crippen LogP contribution in [0, 0.1) is 0 Å². The molecule has 0 amide bonds. The number of hydrogen-bond donors (Lipinski definition) is 2. The highest BCUT2D eigenvalue weighted by molar-refractivity contribution is 5.98. The second kappa shape index (κ2) is 4.81. The van der Waals surface area contributed by atoms with E-state index in [1.165, 1.54) is 0 Å². The van der Waals surface area contributed by atoms with E-state index < -0.39 is 0 Å². The Kier molecular flexibility index (Phi) is 2.85. The zero-order chi connectivity index (χ0) is 13.1. The van der Waals surface area contributed by atoms with Crippen molar-refractivity contribution in [2.45, 2.75) is 6.92 Å². The summed E-state index contributed by atoms with van der Waals surface area (Å²) in [6.07, 6.45) is 5.14. The van der Waals surface area contributed by atoms with Gasteiger partial charge in [0.25, 0.3) is 0 Å². The number of pyridine rings is 1. The van der Waals surface area contributed by atoms with Gasteiger partial charge in [-0.05, 0) is 25.1 Å². The number of aromatic nitrogens is 5. The first-order valence-corrected chi connectivity index (χ1v) is 5.76. The summed E-state index contributed by atoms with van der Waals surface area (Å²) in [5, 5.41) is 15.3. The molecule has 0 saturated heterocycles. The molecule has 0 aromatic carbocycles. The maximum atomic E-state index is 4.29. The van der Waals surface area contributed by atoms with Crippen LogP contribution in [0.2, 0.25) is 0 Å². The number of H-pyrrole nitrogens is 1. The first kappa shape index (κ1) is 11.3. The second-order valence-corrected chi connectivity index (χ2v) is 3.94. The van der Waals surface area contributed by atoms with Crippen LogP contribution in [0.5, 0.6) is 0 Å². The number of rotatable bonds is 3. The molecule has 0 fully saturated rings. The molecule has 2 N–H and O–H groups in total. The quantitative estimate of drug-likeness (QED) is 0.411. The molecule has 3 rings (SSSR count). The number of fused-ring (bicyclic) bond motifs is 1. The number of hydrogen-bond acceptors (Lipinski definition) is 5. The molecule has 0 saturated carbocycles. The molecule has 94 valence electrons. The second-order valence-electron chi connectivity index (χ2n) is 3.94. The van der Waals surface area contributed by atoms with E-state index in [9.17, 15) is 0 Å². The molecular weight excluding hydrogens is 242 g/mol. The smallest absolute Gasteiger partial charge is 0.265 e. The number of aromatic amines is 1. The van der Waals surface area contributed by atoms with Crippen LogP contribution in [0.4, 0.5) is 5.82 Å². The summed E-state index contributed by atoms with van der Waals surface area (Å²) >= 11 is 0. The fourth-order valence-electron chi connectivity index (χ4n) is 1.62. The van der Waals surface area contributed by atoms with Crippen LogP contribution in [0.25, 0.3) is 5.65 Å². The normalized spacial score (nSPS) is 11.7. The van der Waals surface area contributed by atoms with Crippen LogP contribution < -0.4 is 9.94 Å². The van der Waals surface area contributed by atoms with E-state index in [4.69, 9.17) is 0 Å². The molecule has 0 bridgehead atoms. The number of nitrogens with zero attached hydrogens (tertiary/aromatic N) is 5. The molecule has 0 aliphatic carbocycles. The molecule has 3 heterocycles. The topological polar surface area (TPSA) is 83.0 Å². The molecule has 7 nitrogen and oxygen atoms in total. The molecular formula is C12H12N7+. The Bertz CT molecular complexity index is 717. The monoisotopic (exact) mass is 254 g/mol. The van der Waals surface area contributed by atoms with Crippen LogP contribution in [0.15, 0.2) is 48.1 Å². The zero-order valence-electron chi connectivity index (χ0n) is 10.3. The lowest BCUT2D eigenvalue weighted by Crippen LogP contribution is -2.24. The van der Waals surface area contributed by atoms with Crippen LogP contribution >= 0.6 is 0 Å². The van der Waals surface area contributed by atoms with E-state index >= 15 is 0 Å². The van der Waals surface area contributed by atoms with Crippen molar-refractivity contribution < 1.29 is 4.52 Å². The maximum Gasteiger partial charge on any atom is 0.325 e. The molecule has 0 spiro atoms. The van der Waals surface area contributed by atoms with E-state index in [-0.39, 0.29) is 0 Å². The van der Waals surface area contributed by atoms with E-state index in [1.807, 2.05) is 31.2 Å². The molecule has 7 heteroatoms. The Labute approximate surface area is 109 Å². The first-order valence-electron chi connectivity index (χ1n) is 5.76. The van der Waals surface area contributed by atoms with Crippen molar-refractivity contribution in [2.75, 3.05) is 5.43 Å². The summed E-state index contributed by atoms with van der Waals surface area (Å²) in [7, 11) is 0. The molecule has 19 heavy (non-hydrogen) atoms. The average molecular weight is 254 g/mol. The SMILES string of the molecule is CC(=NNc1ccc2n[nH]c[n+]2n1)c1ccncc1. The average Bonchev–Trinajstić information content (AvgIpc) is 2.93. The number of anilines is 1. The molecule has 0 unspecified atom stereocenters. The van der Waals surface area contributed by atoms with Gasteiger partial charge < -0.3 is 0 Å². The standard InChI is InChI=1S/C12H11N7/c1-9(10-4-6-13-7-5-10)15-16-11-2-3-12-17-14-8-19(12)18-11/h2-8H,1H3,(H,13,16,18)/p+1. The van der Waals surface area contributed by atoms with Gasteiger partial charge in [0.1, 0.15) is 0 Å². The van der Waals surface area contributed by atoms with Crippen LogP contribution in [-0.4, -0.2) is 26.0 Å². The largest absolute Gasteiger partial charge is 0.325 e. The van der Waals surface area contributed by atoms with Crippen molar-refractivity contribution in [1.82, 2.24) is 20.3 Å². The summed E-state index contributed by atoms with van der Waals surface area (Å²) in [5.41, 5.74) is 5.55. The van der Waals surface area contributed by atoms with E-state index in [1.54, 1.807) is 23.2 Å². The molecule has 0 aliphatic heterocycles. The third-order valence-electron chi connectivity index (χ3n) is 2.64. The number of hydrazone groups is 1. The van der Waals surface area contributed by atoms with Gasteiger partial charge in [0.2, 0.25) is 6.33 Å². The predicted molar refractivity (Wildman–Crippen MR) is 69.6 cm³/mol. The molecule has 3 aromatic rings. The van der Waals surface area contributed by atoms with Gasteiger partial charge in [-0.1, -0.05) is 5.10 Å². The zero-order valence-corrected chi connectivity index (χ0v) is 10.3. The molecule has 0 radical (unpaired) electrons. The van der Waals surface area contributed by atoms with Crippen LogP contribution in [0.3, 0.4) is 0 Å². The summed E-state index contributed by atoms with van der Waals surface area (Å²) in [6, 6.07) is 7.48. The highest BCUT2D eigenvalue weighted by Gasteiger charge is 2.05. The maximum absolute atomic E-state index is 4.29. The van der Waals surface area contributed by atoms with Gasteiger partial charge in [-0.2, -0.15) is 5.10 Å². The molecule has 0 atom stereocenters. The highest BCUT2D eigenvalue weighted by Crippen LogP contribution is 2.03. The van der Waals surface area contributed by atoms with Gasteiger partial charge in [0, 0.05) is 29.1 Å². The van der Waals surface area contributed by atoms with E-state index in [0.29, 0.717) is 5.82 Å². The lowest BCUT2D eigenvalue weighted by Gasteiger charge is -2.01. The minimum absolute atomic E-state index is 0.646. The Hall–Kier alpha value is -2.83. The Morgan fingerprint density at radius 3 is 2.95 bits per heavy atom. The van der Waals surface area contributed by atoms with Crippen molar-refractivity contribution in [3.8, 4) is 0 Å². The minimum Gasteiger partial charge on any atom is -0.265 e. The number of nitrogens with one attached hydrogen (secondary N) is 2. The summed E-state index contributed by atoms with van der Waals surface area (Å²) < 4.78 is 1.64. The van der Waals surface area contributed by atoms with E-state index in [2.05, 4.69) is 30.8 Å². The molecule has 3 aromatic heterocycles. The summed E-state index contributed by atoms with van der Waals surface area (Å²) in [5.74, 6) is 0.646. The fourth-order valence-corrected chi connectivity index (χ4v) is 1.62. The Morgan fingerprint density at radius 2 is 2.11 bits per heavy atom. The van der Waals surface area contributed by atoms with Crippen molar-refractivity contribution in [1.29, 1.82) is 0 Å². The van der Waals surface area contributed by atoms with Crippen molar-refractivity contribution in [3.05, 3.63) is 48.5 Å². The van der Waals surface area contributed by atoms with Crippen molar-refractivity contribution >= 4 is 17.2 Å². The van der Waals surface area contributed by atoms with Gasteiger partial charge in [-0.15, -0.1) is 9.61 Å². The lowest BCUT2D eigenvalue weighted by molar-refractivity contribution is -0.579. The van der Waals surface area contributed by atoms with Gasteiger partial charge in [-0.3, -0.25) is 10.4 Å². The lowest BCUT2D eigenvalue weighted by atomic mass is 10.2. The fraction of sp³-hybridized carbons (Fsp3) is 0.0833. The van der Waals surface area contributed by atoms with Crippen LogP contribution in [0.1, 0.15) is 12.5 Å². The third-order valence-corrected chi connectivity index (χ3v) is 2.64. The Morgan fingerprint density at radius 1 is 1.26 bits per heavy atom. The summed E-state index contributed by atoms with van der Waals surface area (Å²) in [4.78, 5) is 3.97. The van der Waals surface area contributed by atoms with E-state index in [0.717, 1.165) is 16.9 Å². The van der Waals surface area contributed by atoms with Gasteiger partial charge in [-0.25, -0.2) is 0 Å². The third kappa shape index (κ3) is 2.39. The van der Waals surface area contributed by atoms with Gasteiger partial charge in [0.05, 0.1) is 5.71 Å². The van der Waals surface area contributed by atoms with Gasteiger partial charge >= 0.3 is 5.65 Å². The Balaban J connectivity index is 1.81. The minimum atomic E-state index is 0.646. The first-order chi connectivity index (χ1) is 9.33. The van der Waals surface area contributed by atoms with Crippen molar-refractivity contribution in [2.24, 2.45) is 5.10 Å². The van der Waals surface area contributed by atoms with Gasteiger partial charge in [0.15, 0.2) is 5.82 Å².